The highest BCUT2D eigenvalue weighted by Crippen LogP contribution is 2.32. The van der Waals surface area contributed by atoms with Crippen molar-refractivity contribution in [3.05, 3.63) is 29.8 Å². The lowest BCUT2D eigenvalue weighted by Gasteiger charge is -2.36. The Morgan fingerprint density at radius 3 is 2.29 bits per heavy atom. The number of hydrogen-bond acceptors (Lipinski definition) is 5. The number of carbonyl (C=O) groups is 1. The van der Waals surface area contributed by atoms with Crippen LogP contribution in [-0.4, -0.2) is 41.4 Å². The summed E-state index contributed by atoms with van der Waals surface area (Å²) in [6.07, 6.45) is 4.37. The van der Waals surface area contributed by atoms with E-state index in [1.54, 1.807) is 12.1 Å². The average Bonchev–Trinajstić information content (AvgIpc) is 2.55. The fraction of sp³-hybridized carbons (Fsp3) is 0.650. The Morgan fingerprint density at radius 2 is 1.79 bits per heavy atom. The molecule has 1 aliphatic rings. The Bertz CT molecular complexity index is 759. The molecule has 0 aromatic heterocycles. The van der Waals surface area contributed by atoms with Crippen LogP contribution in [0.25, 0.3) is 0 Å². The molecule has 158 valence electrons. The van der Waals surface area contributed by atoms with Gasteiger partial charge in [0.15, 0.2) is 0 Å². The molecule has 1 aliphatic carbocycles. The summed E-state index contributed by atoms with van der Waals surface area (Å²) < 4.78 is 36.4. The summed E-state index contributed by atoms with van der Waals surface area (Å²) in [6.45, 7) is 5.47. The van der Waals surface area contributed by atoms with Gasteiger partial charge in [-0.15, -0.1) is 0 Å². The van der Waals surface area contributed by atoms with Gasteiger partial charge in [0, 0.05) is 6.04 Å². The van der Waals surface area contributed by atoms with Gasteiger partial charge in [0.05, 0.1) is 10.5 Å². The summed E-state index contributed by atoms with van der Waals surface area (Å²) in [5.74, 6) is 0. The van der Waals surface area contributed by atoms with Crippen LogP contribution >= 0.6 is 0 Å². The van der Waals surface area contributed by atoms with Crippen molar-refractivity contribution < 1.29 is 27.6 Å². The van der Waals surface area contributed by atoms with Crippen LogP contribution in [0.1, 0.15) is 64.9 Å². The summed E-state index contributed by atoms with van der Waals surface area (Å²) in [5.41, 5.74) is -0.309. The number of nitrogens with one attached hydrogen (secondary N) is 1. The standard InChI is InChI=1S/C20H31NO6S/c1-19(2,3)27-18(22)21-16-10-13-20(23,14-11-16)12-4-5-15-6-8-17(9-7-15)28(24,25)26/h6-9,16,23H,4-5,10-14H2,1-3H3,(H,21,22)(H,24,25,26). The zero-order chi connectivity index (χ0) is 21.0. The Balaban J connectivity index is 1.75. The Morgan fingerprint density at radius 1 is 1.21 bits per heavy atom. The molecule has 8 heteroatoms. The highest BCUT2D eigenvalue weighted by atomic mass is 32.2. The number of aliphatic hydroxyl groups is 1. The number of amides is 1. The fourth-order valence-corrected chi connectivity index (χ4v) is 3.95. The van der Waals surface area contributed by atoms with E-state index in [-0.39, 0.29) is 10.9 Å². The molecule has 28 heavy (non-hydrogen) atoms. The largest absolute Gasteiger partial charge is 0.444 e. The summed E-state index contributed by atoms with van der Waals surface area (Å²) in [6, 6.07) is 6.13. The number of carbonyl (C=O) groups excluding carboxylic acids is 1. The van der Waals surface area contributed by atoms with Crippen LogP contribution in [0.3, 0.4) is 0 Å². The SMILES string of the molecule is CC(C)(C)OC(=O)NC1CCC(O)(CCCc2ccc(S(=O)(=O)O)cc2)CC1. The van der Waals surface area contributed by atoms with Gasteiger partial charge in [-0.3, -0.25) is 4.55 Å². The van der Waals surface area contributed by atoms with Gasteiger partial charge in [0.25, 0.3) is 10.1 Å². The molecule has 0 aliphatic heterocycles. The molecule has 0 saturated heterocycles. The lowest BCUT2D eigenvalue weighted by atomic mass is 9.79. The monoisotopic (exact) mass is 413 g/mol. The highest BCUT2D eigenvalue weighted by molar-refractivity contribution is 7.85. The lowest BCUT2D eigenvalue weighted by Crippen LogP contribution is -2.45. The third-order valence-electron chi connectivity index (χ3n) is 4.97. The minimum atomic E-state index is -4.17. The van der Waals surface area contributed by atoms with Gasteiger partial charge in [-0.05, 0) is 83.4 Å². The van der Waals surface area contributed by atoms with Crippen LogP contribution < -0.4 is 5.32 Å². The molecule has 2 rings (SSSR count). The van der Waals surface area contributed by atoms with E-state index in [1.807, 2.05) is 20.8 Å². The molecule has 0 heterocycles. The highest BCUT2D eigenvalue weighted by Gasteiger charge is 2.33. The van der Waals surface area contributed by atoms with E-state index >= 15 is 0 Å². The molecule has 0 atom stereocenters. The van der Waals surface area contributed by atoms with Crippen molar-refractivity contribution in [2.24, 2.45) is 0 Å². The molecular formula is C20H31NO6S. The van der Waals surface area contributed by atoms with Crippen molar-refractivity contribution in [1.82, 2.24) is 5.32 Å². The summed E-state index contributed by atoms with van der Waals surface area (Å²) in [5, 5.41) is 13.7. The maximum Gasteiger partial charge on any atom is 0.407 e. The van der Waals surface area contributed by atoms with Gasteiger partial charge < -0.3 is 15.2 Å². The van der Waals surface area contributed by atoms with E-state index in [2.05, 4.69) is 5.32 Å². The van der Waals surface area contributed by atoms with Crippen molar-refractivity contribution >= 4 is 16.2 Å². The molecule has 1 aromatic rings. The number of hydrogen-bond donors (Lipinski definition) is 3. The predicted octanol–water partition coefficient (Wildman–Crippen LogP) is 3.45. The van der Waals surface area contributed by atoms with E-state index in [0.717, 1.165) is 12.0 Å². The van der Waals surface area contributed by atoms with Gasteiger partial charge in [-0.2, -0.15) is 8.42 Å². The molecule has 1 fully saturated rings. The molecule has 0 spiro atoms. The second kappa shape index (κ2) is 8.80. The van der Waals surface area contributed by atoms with Crippen LogP contribution in [-0.2, 0) is 21.3 Å². The summed E-state index contributed by atoms with van der Waals surface area (Å²) in [4.78, 5) is 11.7. The van der Waals surface area contributed by atoms with Crippen LogP contribution in [0.4, 0.5) is 4.79 Å². The topological polar surface area (TPSA) is 113 Å². The second-order valence-electron chi connectivity index (χ2n) is 8.62. The van der Waals surface area contributed by atoms with Crippen molar-refractivity contribution in [3.8, 4) is 0 Å². The molecule has 0 radical (unpaired) electrons. The first-order chi connectivity index (χ1) is 12.9. The van der Waals surface area contributed by atoms with Gasteiger partial charge in [0.2, 0.25) is 0 Å². The van der Waals surface area contributed by atoms with Crippen LogP contribution in [0.2, 0.25) is 0 Å². The number of rotatable bonds is 6. The van der Waals surface area contributed by atoms with Crippen molar-refractivity contribution in [2.75, 3.05) is 0 Å². The average molecular weight is 414 g/mol. The number of benzene rings is 1. The minimum Gasteiger partial charge on any atom is -0.444 e. The Labute approximate surface area is 167 Å². The normalized spacial score (nSPS) is 23.2. The van der Waals surface area contributed by atoms with Crippen LogP contribution in [0.5, 0.6) is 0 Å². The van der Waals surface area contributed by atoms with Gasteiger partial charge in [-0.1, -0.05) is 12.1 Å². The van der Waals surface area contributed by atoms with Gasteiger partial charge in [0.1, 0.15) is 5.60 Å². The Hall–Kier alpha value is -1.64. The maximum absolute atomic E-state index is 11.9. The zero-order valence-corrected chi connectivity index (χ0v) is 17.6. The fourth-order valence-electron chi connectivity index (χ4n) is 3.47. The van der Waals surface area contributed by atoms with E-state index in [4.69, 9.17) is 9.29 Å². The van der Waals surface area contributed by atoms with E-state index in [0.29, 0.717) is 38.5 Å². The maximum atomic E-state index is 11.9. The summed E-state index contributed by atoms with van der Waals surface area (Å²) in [7, 11) is -4.17. The van der Waals surface area contributed by atoms with Crippen molar-refractivity contribution in [3.63, 3.8) is 0 Å². The molecule has 1 amide bonds. The number of ether oxygens (including phenoxy) is 1. The molecule has 1 saturated carbocycles. The van der Waals surface area contributed by atoms with E-state index < -0.39 is 27.4 Å². The first kappa shape index (κ1) is 22.6. The number of aryl methyl sites for hydroxylation is 1. The predicted molar refractivity (Wildman–Crippen MR) is 106 cm³/mol. The third-order valence-corrected chi connectivity index (χ3v) is 5.83. The molecular weight excluding hydrogens is 382 g/mol. The van der Waals surface area contributed by atoms with E-state index in [1.165, 1.54) is 12.1 Å². The number of alkyl carbamates (subject to hydrolysis) is 1. The smallest absolute Gasteiger partial charge is 0.407 e. The van der Waals surface area contributed by atoms with Crippen molar-refractivity contribution in [2.45, 2.75) is 87.9 Å². The Kier molecular flexibility index (Phi) is 7.12. The molecule has 1 aromatic carbocycles. The van der Waals surface area contributed by atoms with Crippen molar-refractivity contribution in [1.29, 1.82) is 0 Å². The second-order valence-corrected chi connectivity index (χ2v) is 10.0. The zero-order valence-electron chi connectivity index (χ0n) is 16.8. The minimum absolute atomic E-state index is 0.0168. The summed E-state index contributed by atoms with van der Waals surface area (Å²) >= 11 is 0. The first-order valence-corrected chi connectivity index (χ1v) is 11.1. The quantitative estimate of drug-likeness (QED) is 0.616. The van der Waals surface area contributed by atoms with Crippen LogP contribution in [0, 0.1) is 0 Å². The first-order valence-electron chi connectivity index (χ1n) is 9.65. The van der Waals surface area contributed by atoms with Gasteiger partial charge in [-0.25, -0.2) is 4.79 Å². The van der Waals surface area contributed by atoms with E-state index in [9.17, 15) is 18.3 Å². The lowest BCUT2D eigenvalue weighted by molar-refractivity contribution is -0.0145. The molecule has 0 bridgehead atoms. The third kappa shape index (κ3) is 7.41. The molecule has 0 unspecified atom stereocenters. The molecule has 3 N–H and O–H groups in total. The molecule has 7 nitrogen and oxygen atoms in total. The van der Waals surface area contributed by atoms with Gasteiger partial charge >= 0.3 is 6.09 Å². The van der Waals surface area contributed by atoms with Crippen LogP contribution in [0.15, 0.2) is 29.2 Å².